The maximum absolute atomic E-state index is 13.0. The average molecular weight is 401 g/mol. The van der Waals surface area contributed by atoms with Gasteiger partial charge in [-0.15, -0.1) is 5.10 Å². The van der Waals surface area contributed by atoms with Crippen LogP contribution < -0.4 is 10.6 Å². The molecule has 6 nitrogen and oxygen atoms in total. The largest absolute Gasteiger partial charge is 0.333 e. The molecule has 0 radical (unpaired) electrons. The lowest BCUT2D eigenvalue weighted by Gasteiger charge is -2.20. The number of amides is 3. The number of hydrogen-bond donors (Lipinski definition) is 2. The number of rotatable bonds is 4. The lowest BCUT2D eigenvalue weighted by atomic mass is 10.1. The Balaban J connectivity index is 1.95. The zero-order chi connectivity index (χ0) is 18.6. The summed E-state index contributed by atoms with van der Waals surface area (Å²) in [5.41, 5.74) is 0.216. The molecule has 0 aliphatic heterocycles. The third-order valence-corrected chi connectivity index (χ3v) is 5.03. The van der Waals surface area contributed by atoms with Crippen molar-refractivity contribution in [2.24, 2.45) is 0 Å². The van der Waals surface area contributed by atoms with Crippen LogP contribution in [-0.2, 0) is 4.79 Å². The van der Waals surface area contributed by atoms with Crippen molar-refractivity contribution in [3.8, 4) is 5.69 Å². The smallest absolute Gasteiger partial charge is 0.321 e. The second-order valence-corrected chi connectivity index (χ2v) is 8.91. The first-order valence-corrected chi connectivity index (χ1v) is 9.46. The Labute approximate surface area is 157 Å². The zero-order valence-corrected chi connectivity index (χ0v) is 16.3. The summed E-state index contributed by atoms with van der Waals surface area (Å²) in [6, 6.07) is 5.25. The first-order valence-electron chi connectivity index (χ1n) is 7.25. The van der Waals surface area contributed by atoms with Crippen LogP contribution in [0.5, 0.6) is 0 Å². The Morgan fingerprint density at radius 2 is 1.96 bits per heavy atom. The fourth-order valence-electron chi connectivity index (χ4n) is 1.73. The molecule has 1 heterocycles. The number of thioether (sulfide) groups is 1. The second kappa shape index (κ2) is 8.07. The summed E-state index contributed by atoms with van der Waals surface area (Å²) >= 11 is 7.66. The number of hydrogen-bond acceptors (Lipinski definition) is 6. The van der Waals surface area contributed by atoms with Crippen molar-refractivity contribution in [2.45, 2.75) is 30.6 Å². The van der Waals surface area contributed by atoms with E-state index >= 15 is 0 Å². The quantitative estimate of drug-likeness (QED) is 0.607. The van der Waals surface area contributed by atoms with Gasteiger partial charge in [0.25, 0.3) is 0 Å². The predicted molar refractivity (Wildman–Crippen MR) is 99.4 cm³/mol. The molecule has 0 aliphatic rings. The van der Waals surface area contributed by atoms with E-state index in [1.165, 1.54) is 39.9 Å². The Morgan fingerprint density at radius 1 is 1.32 bits per heavy atom. The van der Waals surface area contributed by atoms with E-state index in [0.29, 0.717) is 14.0 Å². The third-order valence-electron chi connectivity index (χ3n) is 2.67. The first kappa shape index (κ1) is 19.5. The van der Waals surface area contributed by atoms with Crippen molar-refractivity contribution in [3.63, 3.8) is 0 Å². The zero-order valence-electron chi connectivity index (χ0n) is 13.8. The first-order chi connectivity index (χ1) is 11.6. The van der Waals surface area contributed by atoms with E-state index in [-0.39, 0.29) is 11.6 Å². The summed E-state index contributed by atoms with van der Waals surface area (Å²) in [5, 5.41) is 9.21. The number of carbonyl (C=O) groups is 2. The minimum absolute atomic E-state index is 0.0310. The van der Waals surface area contributed by atoms with Crippen molar-refractivity contribution in [1.82, 2.24) is 20.4 Å². The van der Waals surface area contributed by atoms with Gasteiger partial charge in [-0.25, -0.2) is 13.9 Å². The minimum atomic E-state index is -0.539. The predicted octanol–water partition coefficient (Wildman–Crippen LogP) is 3.52. The molecule has 0 unspecified atom stereocenters. The van der Waals surface area contributed by atoms with Gasteiger partial charge in [0.2, 0.25) is 5.91 Å². The molecular formula is C15H17FN4O2S3. The van der Waals surface area contributed by atoms with Gasteiger partial charge in [0, 0.05) is 5.54 Å². The number of aromatic nitrogens is 2. The molecule has 0 spiro atoms. The molecule has 0 saturated carbocycles. The summed E-state index contributed by atoms with van der Waals surface area (Å²) in [6.07, 6.45) is 0. The molecule has 0 fully saturated rings. The topological polar surface area (TPSA) is 76.0 Å². The fourth-order valence-corrected chi connectivity index (χ4v) is 3.89. The maximum atomic E-state index is 13.0. The molecule has 0 atom stereocenters. The molecule has 2 N–H and O–H groups in total. The summed E-state index contributed by atoms with van der Waals surface area (Å²) in [5.74, 6) is -0.741. The molecule has 0 bridgehead atoms. The number of nitrogens with zero attached hydrogens (tertiary/aromatic N) is 2. The maximum Gasteiger partial charge on any atom is 0.321 e. The molecule has 0 saturated heterocycles. The minimum Gasteiger partial charge on any atom is -0.333 e. The van der Waals surface area contributed by atoms with Gasteiger partial charge in [0.1, 0.15) is 5.82 Å². The van der Waals surface area contributed by atoms with Gasteiger partial charge >= 0.3 is 6.03 Å². The molecule has 0 aliphatic carbocycles. The van der Waals surface area contributed by atoms with E-state index in [1.54, 1.807) is 12.1 Å². The molecular weight excluding hydrogens is 383 g/mol. The standard InChI is InChI=1S/C15H17FN4O2S3/c1-15(2,3)18-12(22)17-11(21)8-24-13-19-20(14(23)25-13)10-6-4-9(16)5-7-10/h4-7H,8H2,1-3H3,(H2,17,18,21,22). The highest BCUT2D eigenvalue weighted by atomic mass is 32.2. The summed E-state index contributed by atoms with van der Waals surface area (Å²) in [4.78, 5) is 23.5. The summed E-state index contributed by atoms with van der Waals surface area (Å²) in [6.45, 7) is 5.46. The van der Waals surface area contributed by atoms with Crippen molar-refractivity contribution in [3.05, 3.63) is 34.0 Å². The molecule has 3 amide bonds. The van der Waals surface area contributed by atoms with E-state index in [9.17, 15) is 14.0 Å². The van der Waals surface area contributed by atoms with Crippen molar-refractivity contribution >= 4 is 47.3 Å². The van der Waals surface area contributed by atoms with Gasteiger partial charge < -0.3 is 5.32 Å². The van der Waals surface area contributed by atoms with Crippen LogP contribution in [-0.4, -0.2) is 33.0 Å². The lowest BCUT2D eigenvalue weighted by Crippen LogP contribution is -2.48. The van der Waals surface area contributed by atoms with Crippen LogP contribution in [0, 0.1) is 9.77 Å². The monoisotopic (exact) mass is 400 g/mol. The number of carbonyl (C=O) groups excluding carboxylic acids is 2. The van der Waals surface area contributed by atoms with Gasteiger partial charge in [0.15, 0.2) is 8.29 Å². The van der Waals surface area contributed by atoms with Gasteiger partial charge in [-0.05, 0) is 57.3 Å². The van der Waals surface area contributed by atoms with Gasteiger partial charge in [-0.1, -0.05) is 23.1 Å². The van der Waals surface area contributed by atoms with E-state index in [0.717, 1.165) is 0 Å². The number of urea groups is 1. The number of halogens is 1. The molecule has 2 rings (SSSR count). The van der Waals surface area contributed by atoms with Crippen molar-refractivity contribution in [1.29, 1.82) is 0 Å². The molecule has 25 heavy (non-hydrogen) atoms. The van der Waals surface area contributed by atoms with Crippen LogP contribution in [0.2, 0.25) is 0 Å². The van der Waals surface area contributed by atoms with Gasteiger partial charge in [-0.2, -0.15) is 0 Å². The van der Waals surface area contributed by atoms with Crippen LogP contribution in [0.25, 0.3) is 5.69 Å². The van der Waals surface area contributed by atoms with Crippen molar-refractivity contribution in [2.75, 3.05) is 5.75 Å². The Hall–Kier alpha value is -1.78. The lowest BCUT2D eigenvalue weighted by molar-refractivity contribution is -0.117. The molecule has 134 valence electrons. The average Bonchev–Trinajstić information content (AvgIpc) is 2.85. The van der Waals surface area contributed by atoms with E-state index < -0.39 is 17.5 Å². The van der Waals surface area contributed by atoms with E-state index in [4.69, 9.17) is 12.2 Å². The van der Waals surface area contributed by atoms with E-state index in [1.807, 2.05) is 20.8 Å². The second-order valence-electron chi connectivity index (χ2n) is 6.06. The normalized spacial score (nSPS) is 11.2. The van der Waals surface area contributed by atoms with Gasteiger partial charge in [-0.3, -0.25) is 10.1 Å². The van der Waals surface area contributed by atoms with Crippen LogP contribution in [0.3, 0.4) is 0 Å². The number of benzene rings is 1. The third kappa shape index (κ3) is 6.22. The van der Waals surface area contributed by atoms with E-state index in [2.05, 4.69) is 15.7 Å². The molecule has 2 aromatic rings. The molecule has 1 aromatic heterocycles. The Morgan fingerprint density at radius 3 is 2.56 bits per heavy atom. The summed E-state index contributed by atoms with van der Waals surface area (Å²) < 4.78 is 15.6. The molecule has 1 aromatic carbocycles. The highest BCUT2D eigenvalue weighted by Crippen LogP contribution is 2.24. The SMILES string of the molecule is CC(C)(C)NC(=O)NC(=O)CSc1nn(-c2ccc(F)cc2)c(=S)s1. The van der Waals surface area contributed by atoms with Crippen molar-refractivity contribution < 1.29 is 14.0 Å². The van der Waals surface area contributed by atoms with Crippen LogP contribution in [0.15, 0.2) is 28.6 Å². The van der Waals surface area contributed by atoms with Crippen LogP contribution in [0.1, 0.15) is 20.8 Å². The van der Waals surface area contributed by atoms with Crippen LogP contribution in [0.4, 0.5) is 9.18 Å². The van der Waals surface area contributed by atoms with Gasteiger partial charge in [0.05, 0.1) is 11.4 Å². The number of imide groups is 1. The Bertz CT molecular complexity index is 825. The number of nitrogens with one attached hydrogen (secondary N) is 2. The highest BCUT2D eigenvalue weighted by Gasteiger charge is 2.16. The Kier molecular flexibility index (Phi) is 6.31. The fraction of sp³-hybridized carbons (Fsp3) is 0.333. The highest BCUT2D eigenvalue weighted by molar-refractivity contribution is 8.01. The van der Waals surface area contributed by atoms with Crippen LogP contribution >= 0.6 is 35.3 Å². The summed E-state index contributed by atoms with van der Waals surface area (Å²) in [7, 11) is 0. The molecule has 10 heteroatoms.